The van der Waals surface area contributed by atoms with Crippen molar-refractivity contribution in [3.05, 3.63) is 0 Å². The van der Waals surface area contributed by atoms with Gasteiger partial charge in [0, 0.05) is 19.2 Å². The van der Waals surface area contributed by atoms with E-state index >= 15 is 0 Å². The maximum Gasteiger partial charge on any atom is 0.0701 e. The molecule has 0 aromatic heterocycles. The van der Waals surface area contributed by atoms with Crippen molar-refractivity contribution in [3.63, 3.8) is 0 Å². The lowest BCUT2D eigenvalue weighted by molar-refractivity contribution is 0.0382. The van der Waals surface area contributed by atoms with E-state index in [1.54, 1.807) is 0 Å². The highest BCUT2D eigenvalue weighted by atomic mass is 16.5. The molecule has 0 aromatic carbocycles. The normalized spacial score (nSPS) is 18.0. The molecule has 0 bridgehead atoms. The van der Waals surface area contributed by atoms with Gasteiger partial charge in [0.25, 0.3) is 0 Å². The number of nitrogens with one attached hydrogen (secondary N) is 1. The average molecular weight is 229 g/mol. The minimum absolute atomic E-state index is 0.612. The van der Waals surface area contributed by atoms with Crippen LogP contribution in [-0.2, 0) is 9.47 Å². The van der Waals surface area contributed by atoms with Crippen molar-refractivity contribution >= 4 is 0 Å². The molecule has 96 valence electrons. The van der Waals surface area contributed by atoms with Gasteiger partial charge in [-0.3, -0.25) is 0 Å². The summed E-state index contributed by atoms with van der Waals surface area (Å²) in [7, 11) is 0. The maximum atomic E-state index is 5.48. The molecule has 3 heteroatoms. The van der Waals surface area contributed by atoms with Crippen LogP contribution in [0.25, 0.3) is 0 Å². The summed E-state index contributed by atoms with van der Waals surface area (Å²) in [5, 5.41) is 3.49. The maximum absolute atomic E-state index is 5.48. The molecule has 0 amide bonds. The molecular formula is C13H27NO2. The van der Waals surface area contributed by atoms with Crippen LogP contribution in [0.5, 0.6) is 0 Å². The monoisotopic (exact) mass is 229 g/mol. The predicted molar refractivity (Wildman–Crippen MR) is 66.7 cm³/mol. The van der Waals surface area contributed by atoms with E-state index < -0.39 is 0 Å². The van der Waals surface area contributed by atoms with Crippen LogP contribution in [0.1, 0.15) is 33.6 Å². The van der Waals surface area contributed by atoms with Crippen LogP contribution in [0.4, 0.5) is 0 Å². The van der Waals surface area contributed by atoms with Crippen molar-refractivity contribution in [3.8, 4) is 0 Å². The second kappa shape index (κ2) is 8.04. The Kier molecular flexibility index (Phi) is 7.01. The van der Waals surface area contributed by atoms with Gasteiger partial charge < -0.3 is 14.8 Å². The van der Waals surface area contributed by atoms with Gasteiger partial charge in [-0.05, 0) is 31.6 Å². The highest BCUT2D eigenvalue weighted by Gasteiger charge is 2.26. The second-order valence-electron chi connectivity index (χ2n) is 5.16. The molecule has 0 heterocycles. The van der Waals surface area contributed by atoms with Gasteiger partial charge in [-0.15, -0.1) is 0 Å². The molecule has 1 fully saturated rings. The molecule has 1 saturated carbocycles. The van der Waals surface area contributed by atoms with Crippen LogP contribution in [-0.4, -0.2) is 39.0 Å². The Bertz CT molecular complexity index is 169. The van der Waals surface area contributed by atoms with Gasteiger partial charge in [-0.2, -0.15) is 0 Å². The van der Waals surface area contributed by atoms with Crippen molar-refractivity contribution in [1.29, 1.82) is 0 Å². The van der Waals surface area contributed by atoms with Crippen LogP contribution in [0.3, 0.4) is 0 Å². The average Bonchev–Trinajstić information content (AvgIpc) is 3.04. The first-order valence-corrected chi connectivity index (χ1v) is 6.59. The molecule has 16 heavy (non-hydrogen) atoms. The van der Waals surface area contributed by atoms with E-state index in [4.69, 9.17) is 9.47 Å². The Morgan fingerprint density at radius 1 is 1.06 bits per heavy atom. The van der Waals surface area contributed by atoms with Gasteiger partial charge in [-0.1, -0.05) is 13.8 Å². The summed E-state index contributed by atoms with van der Waals surface area (Å²) >= 11 is 0. The molecule has 1 unspecified atom stereocenters. The Hall–Kier alpha value is -0.120. The minimum atomic E-state index is 0.612. The Morgan fingerprint density at radius 2 is 1.75 bits per heavy atom. The predicted octanol–water partition coefficient (Wildman–Crippen LogP) is 2.06. The third-order valence-electron chi connectivity index (χ3n) is 2.87. The molecule has 1 rings (SSSR count). The number of rotatable bonds is 10. The SMILES string of the molecule is CC(C)COCCOCCNC(C)C1CC1. The highest BCUT2D eigenvalue weighted by molar-refractivity contribution is 4.82. The van der Waals surface area contributed by atoms with E-state index in [0.717, 1.165) is 32.3 Å². The summed E-state index contributed by atoms with van der Waals surface area (Å²) in [5.41, 5.74) is 0. The Morgan fingerprint density at radius 3 is 2.38 bits per heavy atom. The molecule has 3 nitrogen and oxygen atoms in total. The molecule has 1 aliphatic rings. The van der Waals surface area contributed by atoms with E-state index in [-0.39, 0.29) is 0 Å². The van der Waals surface area contributed by atoms with E-state index in [2.05, 4.69) is 26.1 Å². The lowest BCUT2D eigenvalue weighted by Gasteiger charge is -2.12. The van der Waals surface area contributed by atoms with E-state index in [9.17, 15) is 0 Å². The zero-order valence-electron chi connectivity index (χ0n) is 11.0. The van der Waals surface area contributed by atoms with Gasteiger partial charge in [0.1, 0.15) is 0 Å². The van der Waals surface area contributed by atoms with E-state index in [1.807, 2.05) is 0 Å². The standard InChI is InChI=1S/C13H27NO2/c1-11(2)10-16-9-8-15-7-6-14-12(3)13-4-5-13/h11-14H,4-10H2,1-3H3. The van der Waals surface area contributed by atoms with Crippen molar-refractivity contribution in [2.24, 2.45) is 11.8 Å². The zero-order valence-corrected chi connectivity index (χ0v) is 11.0. The van der Waals surface area contributed by atoms with Crippen molar-refractivity contribution in [2.75, 3.05) is 33.0 Å². The number of ether oxygens (including phenoxy) is 2. The quantitative estimate of drug-likeness (QED) is 0.582. The molecular weight excluding hydrogens is 202 g/mol. The van der Waals surface area contributed by atoms with E-state index in [0.29, 0.717) is 18.6 Å². The summed E-state index contributed by atoms with van der Waals surface area (Å²) in [6, 6.07) is 0.667. The molecule has 1 aliphatic carbocycles. The number of hydrogen-bond donors (Lipinski definition) is 1. The molecule has 1 N–H and O–H groups in total. The fraction of sp³-hybridized carbons (Fsp3) is 1.00. The summed E-state index contributed by atoms with van der Waals surface area (Å²) < 4.78 is 10.9. The Labute approximate surface area is 99.9 Å². The number of hydrogen-bond acceptors (Lipinski definition) is 3. The third kappa shape index (κ3) is 7.20. The molecule has 0 spiro atoms. The molecule has 0 aromatic rings. The van der Waals surface area contributed by atoms with Gasteiger partial charge in [0.15, 0.2) is 0 Å². The smallest absolute Gasteiger partial charge is 0.0701 e. The zero-order chi connectivity index (χ0) is 11.8. The van der Waals surface area contributed by atoms with Crippen molar-refractivity contribution in [2.45, 2.75) is 39.7 Å². The Balaban J connectivity index is 1.74. The minimum Gasteiger partial charge on any atom is -0.379 e. The topological polar surface area (TPSA) is 30.5 Å². The van der Waals surface area contributed by atoms with Gasteiger partial charge in [0.05, 0.1) is 19.8 Å². The summed E-state index contributed by atoms with van der Waals surface area (Å²) in [6.45, 7) is 10.6. The van der Waals surface area contributed by atoms with Crippen LogP contribution in [0, 0.1) is 11.8 Å². The first-order valence-electron chi connectivity index (χ1n) is 6.59. The largest absolute Gasteiger partial charge is 0.379 e. The van der Waals surface area contributed by atoms with Gasteiger partial charge in [-0.25, -0.2) is 0 Å². The van der Waals surface area contributed by atoms with Gasteiger partial charge in [0.2, 0.25) is 0 Å². The van der Waals surface area contributed by atoms with E-state index in [1.165, 1.54) is 12.8 Å². The lowest BCUT2D eigenvalue weighted by Crippen LogP contribution is -2.31. The fourth-order valence-electron chi connectivity index (χ4n) is 1.66. The molecule has 0 saturated heterocycles. The summed E-state index contributed by atoms with van der Waals surface area (Å²) in [6.07, 6.45) is 2.80. The highest BCUT2D eigenvalue weighted by Crippen LogP contribution is 2.32. The van der Waals surface area contributed by atoms with Crippen molar-refractivity contribution in [1.82, 2.24) is 5.32 Å². The van der Waals surface area contributed by atoms with Crippen LogP contribution in [0.15, 0.2) is 0 Å². The van der Waals surface area contributed by atoms with Gasteiger partial charge >= 0.3 is 0 Å². The lowest BCUT2D eigenvalue weighted by atomic mass is 10.2. The van der Waals surface area contributed by atoms with Crippen LogP contribution < -0.4 is 5.32 Å². The first kappa shape index (κ1) is 13.9. The van der Waals surface area contributed by atoms with Crippen LogP contribution >= 0.6 is 0 Å². The third-order valence-corrected chi connectivity index (χ3v) is 2.87. The van der Waals surface area contributed by atoms with Crippen molar-refractivity contribution < 1.29 is 9.47 Å². The molecule has 1 atom stereocenters. The summed E-state index contributed by atoms with van der Waals surface area (Å²) in [4.78, 5) is 0. The molecule has 0 aliphatic heterocycles. The molecule has 0 radical (unpaired) electrons. The second-order valence-corrected chi connectivity index (χ2v) is 5.16. The summed E-state index contributed by atoms with van der Waals surface area (Å²) in [5.74, 6) is 1.54. The van der Waals surface area contributed by atoms with Crippen LogP contribution in [0.2, 0.25) is 0 Å². The fourth-order valence-corrected chi connectivity index (χ4v) is 1.66. The first-order chi connectivity index (χ1) is 7.70.